The van der Waals surface area contributed by atoms with Gasteiger partial charge in [0.25, 0.3) is 0 Å². The van der Waals surface area contributed by atoms with Gasteiger partial charge < -0.3 is 9.13 Å². The molecule has 0 aliphatic carbocycles. The standard InChI is InChI=1S/C2H2ClNO4.3Na.3H/c3-7-1(5)2(6)8-4;;;;;;/h4H2;;;;;;. The van der Waals surface area contributed by atoms with E-state index in [1.807, 2.05) is 0 Å². The van der Waals surface area contributed by atoms with Crippen molar-refractivity contribution in [3.8, 4) is 0 Å². The van der Waals surface area contributed by atoms with Gasteiger partial charge in [-0.2, -0.15) is 5.90 Å². The molecule has 0 saturated heterocycles. The normalized spacial score (nSPS) is 5.64. The van der Waals surface area contributed by atoms with Crippen molar-refractivity contribution in [2.75, 3.05) is 0 Å². The van der Waals surface area contributed by atoms with Crippen molar-refractivity contribution in [3.63, 3.8) is 0 Å². The molecule has 0 heterocycles. The Morgan fingerprint density at radius 1 is 1.09 bits per heavy atom. The molecule has 0 aromatic heterocycles. The van der Waals surface area contributed by atoms with Crippen LogP contribution in [0.4, 0.5) is 0 Å². The summed E-state index contributed by atoms with van der Waals surface area (Å²) in [5.41, 5.74) is 0. The number of nitrogens with two attached hydrogens (primary N) is 1. The van der Waals surface area contributed by atoms with Crippen LogP contribution in [0, 0.1) is 0 Å². The van der Waals surface area contributed by atoms with Gasteiger partial charge in [0.15, 0.2) is 0 Å². The van der Waals surface area contributed by atoms with Crippen molar-refractivity contribution >= 4 is 112 Å². The van der Waals surface area contributed by atoms with Crippen molar-refractivity contribution in [3.05, 3.63) is 0 Å². The van der Waals surface area contributed by atoms with Gasteiger partial charge in [-0.05, 0) is 0 Å². The molecule has 0 aromatic carbocycles. The first kappa shape index (κ1) is 23.2. The minimum absolute atomic E-state index is 0. The van der Waals surface area contributed by atoms with Crippen LogP contribution < -0.4 is 5.90 Å². The average Bonchev–Trinajstić information content (AvgIpc) is 1.84. The molecule has 52 valence electrons. The van der Waals surface area contributed by atoms with Gasteiger partial charge in [-0.15, -0.1) is 0 Å². The van der Waals surface area contributed by atoms with E-state index in [4.69, 9.17) is 0 Å². The summed E-state index contributed by atoms with van der Waals surface area (Å²) >= 11 is 4.42. The number of carbonyl (C=O) groups excluding carboxylic acids is 2. The number of hydrogen-bond acceptors (Lipinski definition) is 5. The van der Waals surface area contributed by atoms with E-state index >= 15 is 0 Å². The van der Waals surface area contributed by atoms with Crippen LogP contribution in [-0.4, -0.2) is 101 Å². The van der Waals surface area contributed by atoms with Crippen molar-refractivity contribution in [1.29, 1.82) is 0 Å². The van der Waals surface area contributed by atoms with Gasteiger partial charge in [0.1, 0.15) is 11.9 Å². The number of hydrogen-bond donors (Lipinski definition) is 1. The molecule has 0 atom stereocenters. The third-order valence-electron chi connectivity index (χ3n) is 0.344. The molecular weight excluding hydrogens is 206 g/mol. The van der Waals surface area contributed by atoms with Gasteiger partial charge in [0.05, 0.1) is 0 Å². The Labute approximate surface area is 135 Å². The van der Waals surface area contributed by atoms with Crippen LogP contribution in [0.3, 0.4) is 0 Å². The Morgan fingerprint density at radius 2 is 1.45 bits per heavy atom. The van der Waals surface area contributed by atoms with E-state index in [0.717, 1.165) is 0 Å². The topological polar surface area (TPSA) is 78.6 Å². The molecular formula is C2H5ClNNa3O4. The minimum atomic E-state index is -1.34. The zero-order chi connectivity index (χ0) is 6.57. The Hall–Kier alpha value is 2.19. The summed E-state index contributed by atoms with van der Waals surface area (Å²) in [4.78, 5) is 23.1. The second kappa shape index (κ2) is 14.7. The van der Waals surface area contributed by atoms with E-state index in [-0.39, 0.29) is 88.7 Å². The molecule has 9 heteroatoms. The van der Waals surface area contributed by atoms with Crippen LogP contribution in [0.1, 0.15) is 0 Å². The summed E-state index contributed by atoms with van der Waals surface area (Å²) in [5.74, 6) is 1.57. The first-order chi connectivity index (χ1) is 3.72. The van der Waals surface area contributed by atoms with Crippen molar-refractivity contribution in [2.24, 2.45) is 5.90 Å². The molecule has 0 bridgehead atoms. The summed E-state index contributed by atoms with van der Waals surface area (Å²) in [6, 6.07) is 0. The monoisotopic (exact) mass is 211 g/mol. The zero-order valence-electron chi connectivity index (χ0n) is 3.59. The van der Waals surface area contributed by atoms with Crippen LogP contribution in [0.15, 0.2) is 0 Å². The van der Waals surface area contributed by atoms with E-state index < -0.39 is 11.9 Å². The summed E-state index contributed by atoms with van der Waals surface area (Å²) in [5, 5.41) is 0. The Bertz CT molecular complexity index is 108. The maximum atomic E-state index is 9.84. The SMILES string of the molecule is NOC(=O)C(=O)OCl.[NaH].[NaH].[NaH]. The van der Waals surface area contributed by atoms with Crippen LogP contribution in [-0.2, 0) is 18.7 Å². The fourth-order valence-electron chi connectivity index (χ4n) is 0.0796. The fourth-order valence-corrected chi connectivity index (χ4v) is 0.143. The first-order valence-electron chi connectivity index (χ1n) is 1.46. The molecule has 11 heavy (non-hydrogen) atoms. The molecule has 0 radical (unpaired) electrons. The van der Waals surface area contributed by atoms with E-state index in [0.29, 0.717) is 0 Å². The fraction of sp³-hybridized carbons (Fsp3) is 0. The molecule has 5 nitrogen and oxygen atoms in total. The van der Waals surface area contributed by atoms with E-state index in [9.17, 15) is 9.59 Å². The van der Waals surface area contributed by atoms with Gasteiger partial charge in [-0.1, -0.05) is 0 Å². The van der Waals surface area contributed by atoms with Gasteiger partial charge in [0, 0.05) is 0 Å². The van der Waals surface area contributed by atoms with Gasteiger partial charge in [-0.25, -0.2) is 9.59 Å². The molecule has 0 spiro atoms. The number of carbonyl (C=O) groups is 2. The van der Waals surface area contributed by atoms with Gasteiger partial charge >= 0.3 is 101 Å². The Kier molecular flexibility index (Phi) is 31.0. The number of halogens is 1. The second-order valence-corrected chi connectivity index (χ2v) is 0.924. The molecule has 0 rings (SSSR count). The maximum absolute atomic E-state index is 9.84. The van der Waals surface area contributed by atoms with Crippen molar-refractivity contribution in [1.82, 2.24) is 0 Å². The van der Waals surface area contributed by atoms with Crippen LogP contribution >= 0.6 is 11.9 Å². The molecule has 0 aliphatic heterocycles. The summed E-state index contributed by atoms with van der Waals surface area (Å²) in [6.07, 6.45) is 0. The Morgan fingerprint density at radius 3 is 1.55 bits per heavy atom. The third-order valence-corrected chi connectivity index (χ3v) is 0.484. The van der Waals surface area contributed by atoms with Crippen LogP contribution in [0.5, 0.6) is 0 Å². The third kappa shape index (κ3) is 12.2. The first-order valence-corrected chi connectivity index (χ1v) is 1.77. The molecule has 2 N–H and O–H groups in total. The predicted octanol–water partition coefficient (Wildman–Crippen LogP) is -2.85. The van der Waals surface area contributed by atoms with Gasteiger partial charge in [0.2, 0.25) is 0 Å². The van der Waals surface area contributed by atoms with Crippen molar-refractivity contribution < 1.29 is 18.7 Å². The van der Waals surface area contributed by atoms with E-state index in [1.54, 1.807) is 0 Å². The van der Waals surface area contributed by atoms with Crippen LogP contribution in [0.2, 0.25) is 0 Å². The number of rotatable bonds is 0. The summed E-state index contributed by atoms with van der Waals surface area (Å²) in [6.45, 7) is 0. The summed E-state index contributed by atoms with van der Waals surface area (Å²) < 4.78 is 3.38. The van der Waals surface area contributed by atoms with E-state index in [2.05, 4.69) is 26.9 Å². The molecule has 0 aliphatic rings. The predicted molar refractivity (Wildman–Crippen MR) is 43.7 cm³/mol. The second-order valence-electron chi connectivity index (χ2n) is 0.770. The van der Waals surface area contributed by atoms with Crippen molar-refractivity contribution in [2.45, 2.75) is 0 Å². The van der Waals surface area contributed by atoms with Crippen LogP contribution in [0.25, 0.3) is 0 Å². The molecule has 0 aromatic rings. The average molecular weight is 211 g/mol. The molecule has 0 saturated carbocycles. The molecule has 0 amide bonds. The Balaban J connectivity index is -0.0000000817. The van der Waals surface area contributed by atoms with E-state index in [1.165, 1.54) is 0 Å². The summed E-state index contributed by atoms with van der Waals surface area (Å²) in [7, 11) is 0. The molecule has 0 fully saturated rings. The molecule has 0 unspecified atom stereocenters. The van der Waals surface area contributed by atoms with Gasteiger partial charge in [-0.3, -0.25) is 0 Å². The quantitative estimate of drug-likeness (QED) is 0.265. The zero-order valence-corrected chi connectivity index (χ0v) is 4.34.